The van der Waals surface area contributed by atoms with E-state index in [9.17, 15) is 14.7 Å². The van der Waals surface area contributed by atoms with Crippen LogP contribution in [0.15, 0.2) is 35.3 Å². The Morgan fingerprint density at radius 2 is 2.06 bits per heavy atom. The molecule has 0 heterocycles. The van der Waals surface area contributed by atoms with Crippen molar-refractivity contribution >= 4 is 12.0 Å². The molecule has 5 nitrogen and oxygen atoms in total. The summed E-state index contributed by atoms with van der Waals surface area (Å²) >= 11 is 0. The van der Waals surface area contributed by atoms with Crippen LogP contribution in [0, 0.1) is 5.92 Å². The van der Waals surface area contributed by atoms with Gasteiger partial charge in [-0.15, -0.1) is 0 Å². The van der Waals surface area contributed by atoms with Gasteiger partial charge in [-0.3, -0.25) is 0 Å². The Bertz CT molecular complexity index is 447. The first-order chi connectivity index (χ1) is 8.53. The molecule has 0 aliphatic heterocycles. The lowest BCUT2D eigenvalue weighted by molar-refractivity contribution is -0.173. The van der Waals surface area contributed by atoms with Gasteiger partial charge in [0.25, 0.3) is 5.72 Å². The summed E-state index contributed by atoms with van der Waals surface area (Å²) < 4.78 is 5.35. The molecular formula is C13H15NO4. The fourth-order valence-electron chi connectivity index (χ4n) is 1.52. The average Bonchev–Trinajstić information content (AvgIpc) is 2.35. The lowest BCUT2D eigenvalue weighted by Crippen LogP contribution is -2.44. The lowest BCUT2D eigenvalue weighted by atomic mass is 10.0. The minimum atomic E-state index is -1.88. The molecule has 1 aromatic rings. The monoisotopic (exact) mass is 249 g/mol. The minimum absolute atomic E-state index is 0.0660. The maximum Gasteiger partial charge on any atom is 0.360 e. The molecule has 0 saturated heterocycles. The number of benzene rings is 1. The highest BCUT2D eigenvalue weighted by Gasteiger charge is 2.43. The van der Waals surface area contributed by atoms with Crippen LogP contribution in [0.1, 0.15) is 19.4 Å². The maximum atomic E-state index is 11.3. The van der Waals surface area contributed by atoms with E-state index in [2.05, 4.69) is 4.99 Å². The molecule has 96 valence electrons. The van der Waals surface area contributed by atoms with E-state index in [0.29, 0.717) is 0 Å². The van der Waals surface area contributed by atoms with E-state index < -0.39 is 17.6 Å². The maximum absolute atomic E-state index is 11.3. The minimum Gasteiger partial charge on any atom is -0.478 e. The fourth-order valence-corrected chi connectivity index (χ4v) is 1.52. The Morgan fingerprint density at radius 3 is 2.50 bits per heavy atom. The Morgan fingerprint density at radius 1 is 1.44 bits per heavy atom. The second-order valence-electron chi connectivity index (χ2n) is 4.13. The molecule has 0 saturated carbocycles. The summed E-state index contributed by atoms with van der Waals surface area (Å²) in [7, 11) is 0. The summed E-state index contributed by atoms with van der Waals surface area (Å²) in [4.78, 5) is 25.0. The van der Waals surface area contributed by atoms with Gasteiger partial charge in [0.1, 0.15) is 0 Å². The van der Waals surface area contributed by atoms with Gasteiger partial charge >= 0.3 is 5.97 Å². The number of hydrogen-bond donors (Lipinski definition) is 1. The van der Waals surface area contributed by atoms with Crippen molar-refractivity contribution in [1.29, 1.82) is 0 Å². The van der Waals surface area contributed by atoms with E-state index in [-0.39, 0.29) is 6.61 Å². The second kappa shape index (κ2) is 6.10. The molecule has 0 fully saturated rings. The van der Waals surface area contributed by atoms with E-state index in [1.807, 2.05) is 18.2 Å². The number of ether oxygens (including phenoxy) is 1. The Kier molecular flexibility index (Phi) is 4.77. The van der Waals surface area contributed by atoms with Gasteiger partial charge in [-0.2, -0.15) is 4.99 Å². The normalized spacial score (nSPS) is 13.7. The van der Waals surface area contributed by atoms with Crippen LogP contribution in [-0.4, -0.2) is 22.9 Å². The Hall–Kier alpha value is -1.97. The number of carbonyl (C=O) groups excluding carboxylic acids is 1. The van der Waals surface area contributed by atoms with Crippen LogP contribution in [0.5, 0.6) is 0 Å². The van der Waals surface area contributed by atoms with Gasteiger partial charge < -0.3 is 9.84 Å². The number of isocyanates is 1. The fraction of sp³-hybridized carbons (Fsp3) is 0.385. The van der Waals surface area contributed by atoms with Crippen LogP contribution in [0.25, 0.3) is 0 Å². The summed E-state index contributed by atoms with van der Waals surface area (Å²) in [5, 5.41) is 9.21. The summed E-state index contributed by atoms with van der Waals surface area (Å²) in [6, 6.07) is 9.09. The van der Waals surface area contributed by atoms with Crippen molar-refractivity contribution in [2.24, 2.45) is 10.9 Å². The van der Waals surface area contributed by atoms with Crippen molar-refractivity contribution in [3.8, 4) is 0 Å². The first kappa shape index (κ1) is 14.1. The molecule has 5 heteroatoms. The first-order valence-corrected chi connectivity index (χ1v) is 5.53. The number of rotatable bonds is 6. The van der Waals surface area contributed by atoms with Crippen LogP contribution in [0.4, 0.5) is 0 Å². The van der Waals surface area contributed by atoms with Crippen molar-refractivity contribution in [2.45, 2.75) is 26.2 Å². The molecule has 1 atom stereocenters. The van der Waals surface area contributed by atoms with Crippen molar-refractivity contribution in [3.63, 3.8) is 0 Å². The highest BCUT2D eigenvalue weighted by atomic mass is 16.5. The van der Waals surface area contributed by atoms with E-state index in [4.69, 9.17) is 4.74 Å². The number of aliphatic imine (C=N–C) groups is 1. The number of carboxylic acids is 1. The molecule has 0 aliphatic rings. The van der Waals surface area contributed by atoms with E-state index >= 15 is 0 Å². The Labute approximate surface area is 105 Å². The van der Waals surface area contributed by atoms with Gasteiger partial charge in [-0.05, 0) is 5.56 Å². The van der Waals surface area contributed by atoms with E-state index in [0.717, 1.165) is 5.56 Å². The van der Waals surface area contributed by atoms with Gasteiger partial charge in [-0.25, -0.2) is 9.59 Å². The van der Waals surface area contributed by atoms with E-state index in [1.165, 1.54) is 6.08 Å². The standard InChI is InChI=1S/C13H15NO4/c1-10(2)13(12(16)17,14-9-15)18-8-11-6-4-3-5-7-11/h3-7,10H,8H2,1-2H3,(H,16,17). The zero-order valence-electron chi connectivity index (χ0n) is 10.3. The zero-order valence-corrected chi connectivity index (χ0v) is 10.3. The molecule has 0 spiro atoms. The van der Waals surface area contributed by atoms with Gasteiger partial charge in [0.05, 0.1) is 6.61 Å². The largest absolute Gasteiger partial charge is 0.478 e. The predicted molar refractivity (Wildman–Crippen MR) is 64.6 cm³/mol. The van der Waals surface area contributed by atoms with Crippen LogP contribution in [-0.2, 0) is 20.9 Å². The number of carbonyl (C=O) groups is 1. The molecule has 1 N–H and O–H groups in total. The zero-order chi connectivity index (χ0) is 13.6. The predicted octanol–water partition coefficient (Wildman–Crippen LogP) is 1.98. The molecule has 0 radical (unpaired) electrons. The molecule has 0 amide bonds. The van der Waals surface area contributed by atoms with Crippen LogP contribution < -0.4 is 0 Å². The third-order valence-electron chi connectivity index (χ3n) is 2.60. The third-order valence-corrected chi connectivity index (χ3v) is 2.60. The van der Waals surface area contributed by atoms with Crippen molar-refractivity contribution in [2.75, 3.05) is 0 Å². The van der Waals surface area contributed by atoms with Crippen molar-refractivity contribution in [3.05, 3.63) is 35.9 Å². The SMILES string of the molecule is CC(C)C(N=C=O)(OCc1ccccc1)C(=O)O. The quantitative estimate of drug-likeness (QED) is 0.617. The van der Waals surface area contributed by atoms with Gasteiger partial charge in [0.15, 0.2) is 0 Å². The molecule has 18 heavy (non-hydrogen) atoms. The van der Waals surface area contributed by atoms with Gasteiger partial charge in [0, 0.05) is 5.92 Å². The third kappa shape index (κ3) is 3.03. The molecular weight excluding hydrogens is 234 g/mol. The molecule has 1 aromatic carbocycles. The highest BCUT2D eigenvalue weighted by Crippen LogP contribution is 2.25. The topological polar surface area (TPSA) is 76.0 Å². The molecule has 0 aromatic heterocycles. The summed E-state index contributed by atoms with van der Waals surface area (Å²) in [5.41, 5.74) is -1.07. The van der Waals surface area contributed by atoms with Crippen LogP contribution >= 0.6 is 0 Å². The van der Waals surface area contributed by atoms with Gasteiger partial charge in [-0.1, -0.05) is 44.2 Å². The second-order valence-corrected chi connectivity index (χ2v) is 4.13. The highest BCUT2D eigenvalue weighted by molar-refractivity contribution is 5.78. The van der Waals surface area contributed by atoms with E-state index in [1.54, 1.807) is 26.0 Å². The number of aliphatic carboxylic acids is 1. The first-order valence-electron chi connectivity index (χ1n) is 5.53. The molecule has 1 unspecified atom stereocenters. The van der Waals surface area contributed by atoms with Crippen LogP contribution in [0.2, 0.25) is 0 Å². The number of nitrogens with zero attached hydrogens (tertiary/aromatic N) is 1. The molecule has 0 aliphatic carbocycles. The Balaban J connectivity index is 2.92. The lowest BCUT2D eigenvalue weighted by Gasteiger charge is -2.27. The smallest absolute Gasteiger partial charge is 0.360 e. The summed E-state index contributed by atoms with van der Waals surface area (Å²) in [6.07, 6.45) is 1.28. The summed E-state index contributed by atoms with van der Waals surface area (Å²) in [6.45, 7) is 3.32. The average molecular weight is 249 g/mol. The molecule has 0 bridgehead atoms. The number of hydrogen-bond acceptors (Lipinski definition) is 4. The molecule has 1 rings (SSSR count). The van der Waals surface area contributed by atoms with Gasteiger partial charge in [0.2, 0.25) is 6.08 Å². The number of carboxylic acid groups (broad SMARTS) is 1. The summed E-state index contributed by atoms with van der Waals surface area (Å²) in [5.74, 6) is -1.78. The van der Waals surface area contributed by atoms with Crippen molar-refractivity contribution in [1.82, 2.24) is 0 Å². The van der Waals surface area contributed by atoms with Crippen molar-refractivity contribution < 1.29 is 19.4 Å². The van der Waals surface area contributed by atoms with Crippen LogP contribution in [0.3, 0.4) is 0 Å².